The summed E-state index contributed by atoms with van der Waals surface area (Å²) in [6.07, 6.45) is 3.84. The number of benzene rings is 1. The molecule has 1 aromatic carbocycles. The molecule has 122 valence electrons. The summed E-state index contributed by atoms with van der Waals surface area (Å²) >= 11 is 0. The van der Waals surface area contributed by atoms with Crippen LogP contribution in [0.3, 0.4) is 0 Å². The van der Waals surface area contributed by atoms with Crippen molar-refractivity contribution in [3.8, 4) is 0 Å². The molecule has 1 aromatic heterocycles. The zero-order valence-electron chi connectivity index (χ0n) is 13.1. The second-order valence-corrected chi connectivity index (χ2v) is 5.67. The Hall–Kier alpha value is -2.34. The molecule has 1 aliphatic rings. The Bertz CT molecular complexity index is 615. The maximum Gasteiger partial charge on any atom is 0.410 e. The van der Waals surface area contributed by atoms with E-state index in [2.05, 4.69) is 10.3 Å². The molecule has 1 aliphatic heterocycles. The van der Waals surface area contributed by atoms with Gasteiger partial charge in [-0.15, -0.1) is 0 Å². The molecule has 0 bridgehead atoms. The van der Waals surface area contributed by atoms with Crippen LogP contribution in [-0.2, 0) is 11.3 Å². The van der Waals surface area contributed by atoms with Crippen molar-refractivity contribution in [2.24, 2.45) is 5.92 Å². The Morgan fingerprint density at radius 1 is 1.48 bits per heavy atom. The first-order valence-corrected chi connectivity index (χ1v) is 7.80. The molecule has 23 heavy (non-hydrogen) atoms. The molecule has 6 heteroatoms. The van der Waals surface area contributed by atoms with Gasteiger partial charge < -0.3 is 19.4 Å². The zero-order chi connectivity index (χ0) is 16.1. The third-order valence-corrected chi connectivity index (χ3v) is 4.19. The predicted octanol–water partition coefficient (Wildman–Crippen LogP) is 2.59. The van der Waals surface area contributed by atoms with Crippen LogP contribution in [0.2, 0.25) is 0 Å². The summed E-state index contributed by atoms with van der Waals surface area (Å²) in [6, 6.07) is 9.71. The van der Waals surface area contributed by atoms with Crippen LogP contribution in [0.5, 0.6) is 0 Å². The molecular weight excluding hydrogens is 294 g/mol. The highest BCUT2D eigenvalue weighted by molar-refractivity contribution is 5.68. The van der Waals surface area contributed by atoms with Gasteiger partial charge in [-0.05, 0) is 19.0 Å². The lowest BCUT2D eigenvalue weighted by Crippen LogP contribution is -2.32. The first-order valence-electron chi connectivity index (χ1n) is 7.80. The molecule has 1 saturated heterocycles. The normalized spacial score (nSPS) is 18.8. The maximum absolute atomic E-state index is 12.2. The molecule has 2 heterocycles. The van der Waals surface area contributed by atoms with E-state index < -0.39 is 0 Å². The fraction of sp³-hybridized carbons (Fsp3) is 0.412. The van der Waals surface area contributed by atoms with Crippen LogP contribution in [0.4, 0.5) is 4.79 Å². The number of hydrogen-bond acceptors (Lipinski definition) is 5. The predicted molar refractivity (Wildman–Crippen MR) is 84.6 cm³/mol. The molecule has 0 radical (unpaired) electrons. The Morgan fingerprint density at radius 3 is 3.00 bits per heavy atom. The van der Waals surface area contributed by atoms with E-state index in [-0.39, 0.29) is 18.1 Å². The maximum atomic E-state index is 12.2. The minimum Gasteiger partial charge on any atom is -0.447 e. The van der Waals surface area contributed by atoms with Crippen LogP contribution in [0.1, 0.15) is 23.9 Å². The number of aromatic nitrogens is 1. The van der Waals surface area contributed by atoms with Crippen molar-refractivity contribution in [2.45, 2.75) is 19.1 Å². The number of oxazole rings is 1. The molecule has 2 atom stereocenters. The highest BCUT2D eigenvalue weighted by Crippen LogP contribution is 2.29. The summed E-state index contributed by atoms with van der Waals surface area (Å²) < 4.78 is 10.8. The van der Waals surface area contributed by atoms with E-state index in [1.54, 1.807) is 17.4 Å². The lowest BCUT2D eigenvalue weighted by Gasteiger charge is -2.21. The average Bonchev–Trinajstić information content (AvgIpc) is 3.27. The molecule has 2 unspecified atom stereocenters. The van der Waals surface area contributed by atoms with Gasteiger partial charge in [-0.1, -0.05) is 30.3 Å². The lowest BCUT2D eigenvalue weighted by atomic mass is 9.99. The third kappa shape index (κ3) is 3.71. The molecule has 1 N–H and O–H groups in total. The second-order valence-electron chi connectivity index (χ2n) is 5.67. The number of rotatable bonds is 5. The molecule has 0 aliphatic carbocycles. The summed E-state index contributed by atoms with van der Waals surface area (Å²) in [5.74, 6) is 0.930. The van der Waals surface area contributed by atoms with Crippen molar-refractivity contribution in [2.75, 3.05) is 20.1 Å². The van der Waals surface area contributed by atoms with E-state index in [9.17, 15) is 4.79 Å². The van der Waals surface area contributed by atoms with Gasteiger partial charge in [0.15, 0.2) is 0 Å². The topological polar surface area (TPSA) is 67.6 Å². The van der Waals surface area contributed by atoms with Gasteiger partial charge in [0.2, 0.25) is 5.89 Å². The fourth-order valence-electron chi connectivity index (χ4n) is 2.98. The number of nitrogens with zero attached hydrogens (tertiary/aromatic N) is 2. The van der Waals surface area contributed by atoms with Crippen molar-refractivity contribution in [3.63, 3.8) is 0 Å². The van der Waals surface area contributed by atoms with Gasteiger partial charge in [0.05, 0.1) is 12.2 Å². The van der Waals surface area contributed by atoms with Crippen molar-refractivity contribution in [1.82, 2.24) is 15.2 Å². The van der Waals surface area contributed by atoms with Gasteiger partial charge in [-0.25, -0.2) is 9.78 Å². The number of nitrogens with one attached hydrogen (secondary N) is 1. The van der Waals surface area contributed by atoms with E-state index in [1.165, 1.54) is 0 Å². The van der Waals surface area contributed by atoms with Crippen molar-refractivity contribution < 1.29 is 13.9 Å². The third-order valence-electron chi connectivity index (χ3n) is 4.19. The van der Waals surface area contributed by atoms with E-state index in [1.807, 2.05) is 37.4 Å². The minimum absolute atomic E-state index is 0.0110. The molecule has 3 rings (SSSR count). The lowest BCUT2D eigenvalue weighted by molar-refractivity contribution is 0.102. The van der Waals surface area contributed by atoms with Crippen LogP contribution in [-0.4, -0.2) is 36.1 Å². The molecule has 6 nitrogen and oxygen atoms in total. The number of amides is 1. The highest BCUT2D eigenvalue weighted by atomic mass is 16.6. The number of carbonyl (C=O) groups excluding carboxylic acids is 1. The molecule has 2 aromatic rings. The van der Waals surface area contributed by atoms with Crippen molar-refractivity contribution in [1.29, 1.82) is 0 Å². The Kier molecular flexibility index (Phi) is 4.92. The molecule has 0 spiro atoms. The van der Waals surface area contributed by atoms with Crippen LogP contribution in [0.25, 0.3) is 0 Å². The van der Waals surface area contributed by atoms with E-state index in [0.29, 0.717) is 25.6 Å². The standard InChI is InChI=1S/C17H21N3O3/c1-18-15(16-19-8-10-22-16)14-7-9-20(11-14)17(21)23-12-13-5-3-2-4-6-13/h2-6,8,10,14-15,18H,7,9,11-12H2,1H3. The second kappa shape index (κ2) is 7.28. The summed E-state index contributed by atoms with van der Waals surface area (Å²) in [5.41, 5.74) is 0.990. The quantitative estimate of drug-likeness (QED) is 0.918. The van der Waals surface area contributed by atoms with Gasteiger partial charge in [0, 0.05) is 19.0 Å². The van der Waals surface area contributed by atoms with Gasteiger partial charge in [0.1, 0.15) is 12.9 Å². The average molecular weight is 315 g/mol. The SMILES string of the molecule is CNC(c1ncco1)C1CCN(C(=O)OCc2ccccc2)C1. The number of likely N-dealkylation sites (tertiary alicyclic amines) is 1. The fourth-order valence-corrected chi connectivity index (χ4v) is 2.98. The zero-order valence-corrected chi connectivity index (χ0v) is 13.1. The highest BCUT2D eigenvalue weighted by Gasteiger charge is 2.34. The Morgan fingerprint density at radius 2 is 2.30 bits per heavy atom. The van der Waals surface area contributed by atoms with Crippen molar-refractivity contribution >= 4 is 6.09 Å². The van der Waals surface area contributed by atoms with Gasteiger partial charge in [-0.2, -0.15) is 0 Å². The van der Waals surface area contributed by atoms with Crippen molar-refractivity contribution in [3.05, 3.63) is 54.2 Å². The summed E-state index contributed by atoms with van der Waals surface area (Å²) in [5, 5.41) is 3.23. The van der Waals surface area contributed by atoms with Gasteiger partial charge >= 0.3 is 6.09 Å². The Balaban J connectivity index is 1.53. The monoisotopic (exact) mass is 315 g/mol. The minimum atomic E-state index is -0.265. The largest absolute Gasteiger partial charge is 0.447 e. The van der Waals surface area contributed by atoms with Crippen LogP contribution >= 0.6 is 0 Å². The summed E-state index contributed by atoms with van der Waals surface area (Å²) in [7, 11) is 1.88. The van der Waals surface area contributed by atoms with Gasteiger partial charge in [0.25, 0.3) is 0 Å². The number of hydrogen-bond donors (Lipinski definition) is 1. The molecule has 0 saturated carbocycles. The van der Waals surface area contributed by atoms with E-state index in [4.69, 9.17) is 9.15 Å². The van der Waals surface area contributed by atoms with E-state index >= 15 is 0 Å². The smallest absolute Gasteiger partial charge is 0.410 e. The Labute approximate surface area is 135 Å². The van der Waals surface area contributed by atoms with Crippen LogP contribution in [0.15, 0.2) is 47.2 Å². The van der Waals surface area contributed by atoms with Crippen LogP contribution in [0, 0.1) is 5.92 Å². The first-order chi connectivity index (χ1) is 11.3. The molecule has 1 amide bonds. The van der Waals surface area contributed by atoms with Gasteiger partial charge in [-0.3, -0.25) is 0 Å². The summed E-state index contributed by atoms with van der Waals surface area (Å²) in [6.45, 7) is 1.63. The number of carbonyl (C=O) groups is 1. The molecular formula is C17H21N3O3. The van der Waals surface area contributed by atoms with Crippen LogP contribution < -0.4 is 5.32 Å². The first kappa shape index (κ1) is 15.6. The molecule has 1 fully saturated rings. The number of ether oxygens (including phenoxy) is 1. The summed E-state index contributed by atoms with van der Waals surface area (Å²) in [4.78, 5) is 18.2. The van der Waals surface area contributed by atoms with E-state index in [0.717, 1.165) is 12.0 Å².